The summed E-state index contributed by atoms with van der Waals surface area (Å²) in [5.74, 6) is -2.29. The van der Waals surface area contributed by atoms with Crippen LogP contribution in [-0.4, -0.2) is 16.2 Å². The Hall–Kier alpha value is -1.56. The Bertz CT molecular complexity index is 397. The fourth-order valence-electron chi connectivity index (χ4n) is 1.29. The number of halogens is 3. The van der Waals surface area contributed by atoms with E-state index in [9.17, 15) is 23.1 Å². The first-order chi connectivity index (χ1) is 7.73. The molecule has 0 fully saturated rings. The second-order valence-electron chi connectivity index (χ2n) is 3.69. The summed E-state index contributed by atoms with van der Waals surface area (Å²) in [5.41, 5.74) is -0.690. The van der Waals surface area contributed by atoms with Gasteiger partial charge in [0.25, 0.3) is 0 Å². The van der Waals surface area contributed by atoms with E-state index >= 15 is 0 Å². The van der Waals surface area contributed by atoms with Crippen LogP contribution in [0.3, 0.4) is 0 Å². The molecule has 94 valence electrons. The molecule has 1 aromatic carbocycles. The quantitative estimate of drug-likeness (QED) is 0.863. The van der Waals surface area contributed by atoms with Gasteiger partial charge in [0.15, 0.2) is 0 Å². The molecule has 1 unspecified atom stereocenters. The second-order valence-corrected chi connectivity index (χ2v) is 3.69. The summed E-state index contributed by atoms with van der Waals surface area (Å²) in [5, 5.41) is 18.2. The maximum absolute atomic E-state index is 12.3. The maximum Gasteiger partial charge on any atom is 0.416 e. The molecule has 6 heteroatoms. The highest BCUT2D eigenvalue weighted by Crippen LogP contribution is 2.31. The van der Waals surface area contributed by atoms with E-state index in [-0.39, 0.29) is 5.56 Å². The number of alkyl halides is 3. The summed E-state index contributed by atoms with van der Waals surface area (Å²) in [6.07, 6.45) is -5.77. The van der Waals surface area contributed by atoms with Crippen molar-refractivity contribution in [2.75, 3.05) is 0 Å². The van der Waals surface area contributed by atoms with Crippen molar-refractivity contribution in [1.29, 1.82) is 0 Å². The first-order valence-electron chi connectivity index (χ1n) is 4.81. The number of aliphatic carboxylic acids is 1. The van der Waals surface area contributed by atoms with Gasteiger partial charge in [-0.25, -0.2) is 0 Å². The lowest BCUT2D eigenvalue weighted by Gasteiger charge is -2.16. The number of carbonyl (C=O) groups is 1. The summed E-state index contributed by atoms with van der Waals surface area (Å²) < 4.78 is 36.8. The molecule has 0 aliphatic heterocycles. The van der Waals surface area contributed by atoms with Crippen molar-refractivity contribution in [3.05, 3.63) is 35.4 Å². The zero-order chi connectivity index (χ0) is 13.2. The number of carboxylic acids is 1. The highest BCUT2D eigenvalue weighted by molar-refractivity contribution is 5.70. The molecule has 0 amide bonds. The van der Waals surface area contributed by atoms with Crippen molar-refractivity contribution in [2.45, 2.75) is 19.2 Å². The number of hydrogen-bond donors (Lipinski definition) is 2. The van der Waals surface area contributed by atoms with Crippen molar-refractivity contribution in [3.8, 4) is 0 Å². The molecule has 0 aliphatic rings. The SMILES string of the molecule is CC(C(=O)O)[C@H](O)c1ccc(C(F)(F)F)cc1. The van der Waals surface area contributed by atoms with Crippen molar-refractivity contribution in [2.24, 2.45) is 5.92 Å². The number of aliphatic hydroxyl groups excluding tert-OH is 1. The minimum absolute atomic E-state index is 0.146. The number of rotatable bonds is 3. The lowest BCUT2D eigenvalue weighted by Crippen LogP contribution is -2.18. The molecule has 0 heterocycles. The van der Waals surface area contributed by atoms with Crippen LogP contribution in [0.25, 0.3) is 0 Å². The molecule has 0 aliphatic carbocycles. The molecule has 0 saturated carbocycles. The molecule has 0 bridgehead atoms. The molecule has 2 atom stereocenters. The van der Waals surface area contributed by atoms with E-state index in [4.69, 9.17) is 5.11 Å². The van der Waals surface area contributed by atoms with E-state index in [2.05, 4.69) is 0 Å². The summed E-state index contributed by atoms with van der Waals surface area (Å²) in [4.78, 5) is 10.6. The Labute approximate surface area is 95.5 Å². The van der Waals surface area contributed by atoms with Gasteiger partial charge in [-0.3, -0.25) is 4.79 Å². The van der Waals surface area contributed by atoms with Crippen LogP contribution in [0.1, 0.15) is 24.2 Å². The fraction of sp³-hybridized carbons (Fsp3) is 0.364. The number of aliphatic hydroxyl groups is 1. The zero-order valence-electron chi connectivity index (χ0n) is 8.90. The first-order valence-corrected chi connectivity index (χ1v) is 4.81. The molecule has 0 aromatic heterocycles. The fourth-order valence-corrected chi connectivity index (χ4v) is 1.29. The Morgan fingerprint density at radius 2 is 1.71 bits per heavy atom. The molecular formula is C11H11F3O3. The lowest BCUT2D eigenvalue weighted by atomic mass is 9.97. The van der Waals surface area contributed by atoms with Crippen LogP contribution >= 0.6 is 0 Å². The Morgan fingerprint density at radius 1 is 1.24 bits per heavy atom. The molecule has 0 saturated heterocycles. The van der Waals surface area contributed by atoms with Gasteiger partial charge in [0.05, 0.1) is 17.6 Å². The van der Waals surface area contributed by atoms with Gasteiger partial charge in [-0.1, -0.05) is 12.1 Å². The van der Waals surface area contributed by atoms with E-state index in [1.807, 2.05) is 0 Å². The minimum atomic E-state index is -4.44. The number of hydrogen-bond acceptors (Lipinski definition) is 2. The molecule has 1 rings (SSSR count). The predicted octanol–water partition coefficient (Wildman–Crippen LogP) is 2.46. The van der Waals surface area contributed by atoms with Crippen molar-refractivity contribution in [1.82, 2.24) is 0 Å². The van der Waals surface area contributed by atoms with Gasteiger partial charge in [0.2, 0.25) is 0 Å². The van der Waals surface area contributed by atoms with Gasteiger partial charge in [-0.2, -0.15) is 13.2 Å². The average Bonchev–Trinajstić information content (AvgIpc) is 2.26. The minimum Gasteiger partial charge on any atom is -0.481 e. The highest BCUT2D eigenvalue weighted by atomic mass is 19.4. The topological polar surface area (TPSA) is 57.5 Å². The number of carboxylic acid groups (broad SMARTS) is 1. The average molecular weight is 248 g/mol. The molecule has 17 heavy (non-hydrogen) atoms. The first kappa shape index (κ1) is 13.5. The van der Waals surface area contributed by atoms with Crippen molar-refractivity contribution < 1.29 is 28.2 Å². The molecule has 0 spiro atoms. The van der Waals surface area contributed by atoms with E-state index < -0.39 is 29.7 Å². The third-order valence-electron chi connectivity index (χ3n) is 2.44. The van der Waals surface area contributed by atoms with Gasteiger partial charge in [0.1, 0.15) is 0 Å². The summed E-state index contributed by atoms with van der Waals surface area (Å²) >= 11 is 0. The lowest BCUT2D eigenvalue weighted by molar-refractivity contribution is -0.145. The summed E-state index contributed by atoms with van der Waals surface area (Å²) in [7, 11) is 0. The second kappa shape index (κ2) is 4.75. The van der Waals surface area contributed by atoms with Crippen LogP contribution in [0.15, 0.2) is 24.3 Å². The molecule has 2 N–H and O–H groups in total. The maximum atomic E-state index is 12.3. The van der Waals surface area contributed by atoms with Crippen molar-refractivity contribution in [3.63, 3.8) is 0 Å². The summed E-state index contributed by atoms with van der Waals surface area (Å²) in [6, 6.07) is 3.78. The third kappa shape index (κ3) is 3.20. The van der Waals surface area contributed by atoms with E-state index in [1.165, 1.54) is 6.92 Å². The van der Waals surface area contributed by atoms with Crippen LogP contribution in [-0.2, 0) is 11.0 Å². The van der Waals surface area contributed by atoms with Crippen LogP contribution in [0.2, 0.25) is 0 Å². The van der Waals surface area contributed by atoms with Crippen LogP contribution in [0, 0.1) is 5.92 Å². The van der Waals surface area contributed by atoms with E-state index in [0.717, 1.165) is 24.3 Å². The van der Waals surface area contributed by atoms with Gasteiger partial charge < -0.3 is 10.2 Å². The Balaban J connectivity index is 2.92. The zero-order valence-corrected chi connectivity index (χ0v) is 8.90. The Morgan fingerprint density at radius 3 is 2.06 bits per heavy atom. The monoisotopic (exact) mass is 248 g/mol. The van der Waals surface area contributed by atoms with E-state index in [0.29, 0.717) is 0 Å². The molecular weight excluding hydrogens is 237 g/mol. The van der Waals surface area contributed by atoms with Crippen LogP contribution in [0.5, 0.6) is 0 Å². The Kier molecular flexibility index (Phi) is 3.77. The largest absolute Gasteiger partial charge is 0.481 e. The molecule has 3 nitrogen and oxygen atoms in total. The van der Waals surface area contributed by atoms with Gasteiger partial charge >= 0.3 is 12.1 Å². The van der Waals surface area contributed by atoms with Crippen LogP contribution < -0.4 is 0 Å². The molecule has 0 radical (unpaired) electrons. The summed E-state index contributed by atoms with van der Waals surface area (Å²) in [6.45, 7) is 1.28. The highest BCUT2D eigenvalue weighted by Gasteiger charge is 2.30. The normalized spacial score (nSPS) is 15.4. The van der Waals surface area contributed by atoms with Crippen LogP contribution in [0.4, 0.5) is 13.2 Å². The van der Waals surface area contributed by atoms with Gasteiger partial charge in [-0.15, -0.1) is 0 Å². The van der Waals surface area contributed by atoms with Gasteiger partial charge in [-0.05, 0) is 24.6 Å². The predicted molar refractivity (Wildman–Crippen MR) is 53.2 cm³/mol. The van der Waals surface area contributed by atoms with E-state index in [1.54, 1.807) is 0 Å². The number of benzene rings is 1. The standard InChI is InChI=1S/C11H11F3O3/c1-6(10(16)17)9(15)7-2-4-8(5-3-7)11(12,13)14/h2-6,9,15H,1H3,(H,16,17)/t6?,9-/m0/s1. The molecule has 1 aromatic rings. The van der Waals surface area contributed by atoms with Crippen molar-refractivity contribution >= 4 is 5.97 Å². The van der Waals surface area contributed by atoms with Gasteiger partial charge in [0, 0.05) is 0 Å². The smallest absolute Gasteiger partial charge is 0.416 e. The third-order valence-corrected chi connectivity index (χ3v) is 2.44.